The molecule has 2 rings (SSSR count). The van der Waals surface area contributed by atoms with Gasteiger partial charge in [0.2, 0.25) is 5.91 Å². The third-order valence-electron chi connectivity index (χ3n) is 2.65. The highest BCUT2D eigenvalue weighted by Gasteiger charge is 2.15. The van der Waals surface area contributed by atoms with Gasteiger partial charge in [-0.1, -0.05) is 0 Å². The third kappa shape index (κ3) is 3.76. The van der Waals surface area contributed by atoms with Crippen molar-refractivity contribution in [3.63, 3.8) is 0 Å². The van der Waals surface area contributed by atoms with E-state index in [9.17, 15) is 19.3 Å². The Labute approximate surface area is 123 Å². The molecule has 1 amide bonds. The van der Waals surface area contributed by atoms with Crippen molar-refractivity contribution in [2.45, 2.75) is 13.5 Å². The quantitative estimate of drug-likeness (QED) is 0.655. The highest BCUT2D eigenvalue weighted by atomic mass is 32.1. The number of anilines is 2. The van der Waals surface area contributed by atoms with Crippen LogP contribution in [0.4, 0.5) is 21.5 Å². The molecule has 0 aliphatic carbocycles. The molecule has 6 nitrogen and oxygen atoms in total. The molecular weight excluding hydrogens is 297 g/mol. The molecule has 1 aromatic heterocycles. The van der Waals surface area contributed by atoms with Gasteiger partial charge < -0.3 is 10.6 Å². The molecule has 0 aliphatic heterocycles. The van der Waals surface area contributed by atoms with Crippen LogP contribution in [0.5, 0.6) is 0 Å². The smallest absolute Gasteiger partial charge is 0.295 e. The number of nitro groups is 1. The molecule has 0 atom stereocenters. The van der Waals surface area contributed by atoms with Crippen LogP contribution < -0.4 is 10.6 Å². The zero-order valence-electron chi connectivity index (χ0n) is 11.1. The normalized spacial score (nSPS) is 10.2. The minimum atomic E-state index is -0.665. The van der Waals surface area contributed by atoms with Gasteiger partial charge in [-0.15, -0.1) is 11.3 Å². The molecule has 1 heterocycles. The lowest BCUT2D eigenvalue weighted by Gasteiger charge is -2.08. The Balaban J connectivity index is 2.15. The topological polar surface area (TPSA) is 84.3 Å². The Hall–Kier alpha value is -2.48. The van der Waals surface area contributed by atoms with Gasteiger partial charge in [0.25, 0.3) is 5.69 Å². The van der Waals surface area contributed by atoms with Crippen LogP contribution in [0, 0.1) is 15.9 Å². The van der Waals surface area contributed by atoms with Crippen LogP contribution in [0.1, 0.15) is 11.8 Å². The van der Waals surface area contributed by atoms with Gasteiger partial charge in [0.05, 0.1) is 23.2 Å². The van der Waals surface area contributed by atoms with Crippen molar-refractivity contribution < 1.29 is 14.1 Å². The molecule has 0 bridgehead atoms. The molecule has 2 N–H and O–H groups in total. The van der Waals surface area contributed by atoms with E-state index < -0.39 is 10.7 Å². The number of nitrogens with one attached hydrogen (secondary N) is 2. The molecule has 8 heteroatoms. The predicted molar refractivity (Wildman–Crippen MR) is 79.0 cm³/mol. The van der Waals surface area contributed by atoms with Crippen molar-refractivity contribution in [2.75, 3.05) is 10.6 Å². The largest absolute Gasteiger partial charge is 0.375 e. The number of rotatable bonds is 5. The van der Waals surface area contributed by atoms with Gasteiger partial charge in [-0.25, -0.2) is 4.39 Å². The molecule has 1 aromatic carbocycles. The summed E-state index contributed by atoms with van der Waals surface area (Å²) in [6.45, 7) is 1.69. The van der Waals surface area contributed by atoms with E-state index in [0.29, 0.717) is 12.2 Å². The standard InChI is InChI=1S/C13H12FN3O3S/c1-8(18)16-11-4-5-21-13(11)7-15-10-3-2-9(14)6-12(10)17(19)20/h2-6,15H,7H2,1H3,(H,16,18). The summed E-state index contributed by atoms with van der Waals surface area (Å²) in [6.07, 6.45) is 0. The average Bonchev–Trinajstić information content (AvgIpc) is 2.83. The molecule has 0 spiro atoms. The van der Waals surface area contributed by atoms with Crippen molar-refractivity contribution in [3.8, 4) is 0 Å². The molecule has 21 heavy (non-hydrogen) atoms. The lowest BCUT2D eigenvalue weighted by molar-refractivity contribution is -0.384. The Morgan fingerprint density at radius 2 is 2.14 bits per heavy atom. The van der Waals surface area contributed by atoms with E-state index in [4.69, 9.17) is 0 Å². The van der Waals surface area contributed by atoms with E-state index in [2.05, 4.69) is 10.6 Å². The predicted octanol–water partition coefficient (Wildman–Crippen LogP) is 3.37. The lowest BCUT2D eigenvalue weighted by atomic mass is 10.2. The van der Waals surface area contributed by atoms with Crippen molar-refractivity contribution in [1.82, 2.24) is 0 Å². The van der Waals surface area contributed by atoms with Gasteiger partial charge in [-0.05, 0) is 23.6 Å². The Bertz CT molecular complexity index is 687. The first-order valence-electron chi connectivity index (χ1n) is 5.99. The van der Waals surface area contributed by atoms with Gasteiger partial charge in [0.15, 0.2) is 0 Å². The molecule has 0 saturated heterocycles. The SMILES string of the molecule is CC(=O)Nc1ccsc1CNc1ccc(F)cc1[N+](=O)[O-]. The summed E-state index contributed by atoms with van der Waals surface area (Å²) in [7, 11) is 0. The van der Waals surface area contributed by atoms with Crippen LogP contribution in [-0.2, 0) is 11.3 Å². The van der Waals surface area contributed by atoms with Crippen LogP contribution in [0.3, 0.4) is 0 Å². The Morgan fingerprint density at radius 3 is 2.81 bits per heavy atom. The van der Waals surface area contributed by atoms with Crippen molar-refractivity contribution in [2.24, 2.45) is 0 Å². The van der Waals surface area contributed by atoms with Crippen LogP contribution in [0.2, 0.25) is 0 Å². The molecule has 0 unspecified atom stereocenters. The number of carbonyl (C=O) groups excluding carboxylic acids is 1. The number of amides is 1. The van der Waals surface area contributed by atoms with Gasteiger partial charge in [0.1, 0.15) is 11.5 Å². The molecule has 0 aliphatic rings. The first-order valence-corrected chi connectivity index (χ1v) is 6.87. The summed E-state index contributed by atoms with van der Waals surface area (Å²) in [5.41, 5.74) is 0.556. The first-order chi connectivity index (χ1) is 9.97. The minimum Gasteiger partial charge on any atom is -0.375 e. The zero-order chi connectivity index (χ0) is 15.4. The summed E-state index contributed by atoms with van der Waals surface area (Å²) < 4.78 is 13.1. The number of halogens is 1. The van der Waals surface area contributed by atoms with Crippen LogP contribution in [0.15, 0.2) is 29.6 Å². The fourth-order valence-electron chi connectivity index (χ4n) is 1.76. The van der Waals surface area contributed by atoms with Crippen LogP contribution in [0.25, 0.3) is 0 Å². The maximum absolute atomic E-state index is 13.1. The Kier molecular flexibility index (Phi) is 4.49. The van der Waals surface area contributed by atoms with Gasteiger partial charge in [0, 0.05) is 11.8 Å². The number of nitrogens with zero attached hydrogens (tertiary/aromatic N) is 1. The summed E-state index contributed by atoms with van der Waals surface area (Å²) >= 11 is 1.41. The van der Waals surface area contributed by atoms with E-state index in [-0.39, 0.29) is 17.3 Å². The fraction of sp³-hybridized carbons (Fsp3) is 0.154. The Morgan fingerprint density at radius 1 is 1.38 bits per heavy atom. The van der Waals surface area contributed by atoms with E-state index in [1.807, 2.05) is 0 Å². The van der Waals surface area contributed by atoms with E-state index in [0.717, 1.165) is 17.0 Å². The lowest BCUT2D eigenvalue weighted by Crippen LogP contribution is -2.08. The van der Waals surface area contributed by atoms with Crippen molar-refractivity contribution in [3.05, 3.63) is 50.5 Å². The molecular formula is C13H12FN3O3S. The first kappa shape index (κ1) is 14.9. The maximum Gasteiger partial charge on any atom is 0.295 e. The summed E-state index contributed by atoms with van der Waals surface area (Å²) in [4.78, 5) is 22.1. The third-order valence-corrected chi connectivity index (χ3v) is 3.57. The van der Waals surface area contributed by atoms with Crippen LogP contribution >= 0.6 is 11.3 Å². The average molecular weight is 309 g/mol. The summed E-state index contributed by atoms with van der Waals surface area (Å²) in [5.74, 6) is -0.857. The van der Waals surface area contributed by atoms with E-state index >= 15 is 0 Å². The molecule has 2 aromatic rings. The fourth-order valence-corrected chi connectivity index (χ4v) is 2.53. The second-order valence-corrected chi connectivity index (χ2v) is 5.21. The monoisotopic (exact) mass is 309 g/mol. The highest BCUT2D eigenvalue weighted by molar-refractivity contribution is 7.10. The number of carbonyl (C=O) groups is 1. The second-order valence-electron chi connectivity index (χ2n) is 4.21. The maximum atomic E-state index is 13.1. The minimum absolute atomic E-state index is 0.192. The molecule has 0 saturated carbocycles. The molecule has 0 fully saturated rings. The van der Waals surface area contributed by atoms with Gasteiger partial charge in [-0.3, -0.25) is 14.9 Å². The number of benzene rings is 1. The zero-order valence-corrected chi connectivity index (χ0v) is 11.9. The number of thiophene rings is 1. The number of nitro benzene ring substituents is 1. The number of hydrogen-bond donors (Lipinski definition) is 2. The van der Waals surface area contributed by atoms with E-state index in [1.165, 1.54) is 24.3 Å². The highest BCUT2D eigenvalue weighted by Crippen LogP contribution is 2.28. The second kappa shape index (κ2) is 6.31. The number of hydrogen-bond acceptors (Lipinski definition) is 5. The van der Waals surface area contributed by atoms with Gasteiger partial charge in [-0.2, -0.15) is 0 Å². The van der Waals surface area contributed by atoms with Gasteiger partial charge >= 0.3 is 0 Å². The molecule has 110 valence electrons. The van der Waals surface area contributed by atoms with E-state index in [1.54, 1.807) is 11.4 Å². The summed E-state index contributed by atoms with van der Waals surface area (Å²) in [5, 5.41) is 18.3. The van der Waals surface area contributed by atoms with Crippen LogP contribution in [-0.4, -0.2) is 10.8 Å². The molecule has 0 radical (unpaired) electrons. The summed E-state index contributed by atoms with van der Waals surface area (Å²) in [6, 6.07) is 5.09. The van der Waals surface area contributed by atoms with Crippen molar-refractivity contribution >= 4 is 34.3 Å². The van der Waals surface area contributed by atoms with Crippen molar-refractivity contribution in [1.29, 1.82) is 0 Å².